The van der Waals surface area contributed by atoms with Crippen LogP contribution in [0, 0.1) is 0 Å². The molecule has 0 amide bonds. The molecular weight excluding hydrogens is 322 g/mol. The maximum absolute atomic E-state index is 12.3. The Bertz CT molecular complexity index is 774. The Hall–Kier alpha value is -2.67. The smallest absolute Gasteiger partial charge is 0.346 e. The lowest BCUT2D eigenvalue weighted by molar-refractivity contribution is -0.856. The summed E-state index contributed by atoms with van der Waals surface area (Å²) < 4.78 is 9.94. The first-order valence-corrected chi connectivity index (χ1v) is 8.24. The molecule has 0 radical (unpaired) electrons. The molecule has 2 rings (SSSR count). The van der Waals surface area contributed by atoms with Crippen LogP contribution in [0.15, 0.2) is 24.4 Å². The van der Waals surface area contributed by atoms with Crippen LogP contribution in [0.3, 0.4) is 0 Å². The van der Waals surface area contributed by atoms with E-state index in [2.05, 4.69) is 24.4 Å². The van der Waals surface area contributed by atoms with Gasteiger partial charge in [0.1, 0.15) is 5.56 Å². The lowest BCUT2D eigenvalue weighted by Crippen LogP contribution is -3.06. The van der Waals surface area contributed by atoms with Crippen LogP contribution >= 0.6 is 0 Å². The summed E-state index contributed by atoms with van der Waals surface area (Å²) in [7, 11) is 5.45. The van der Waals surface area contributed by atoms with Crippen LogP contribution in [-0.4, -0.2) is 52.8 Å². The van der Waals surface area contributed by atoms with Crippen molar-refractivity contribution < 1.29 is 28.9 Å². The Balaban J connectivity index is 2.53. The van der Waals surface area contributed by atoms with Gasteiger partial charge in [-0.05, 0) is 19.1 Å². The van der Waals surface area contributed by atoms with Crippen molar-refractivity contribution in [1.29, 1.82) is 0 Å². The number of ether oxygens (including phenoxy) is 2. The molecule has 0 bridgehead atoms. The van der Waals surface area contributed by atoms with Crippen molar-refractivity contribution in [2.75, 3.05) is 46.2 Å². The maximum atomic E-state index is 12.3. The van der Waals surface area contributed by atoms with E-state index in [-0.39, 0.29) is 0 Å². The van der Waals surface area contributed by atoms with E-state index in [1.165, 1.54) is 12.0 Å². The van der Waals surface area contributed by atoms with Gasteiger partial charge < -0.3 is 19.7 Å². The SMILES string of the molecule is CCOC(=O)c1c[nH+]c2ccc(C(=O)OC)cc2c1NCC[NH+](C)C. The van der Waals surface area contributed by atoms with Crippen LogP contribution in [0.25, 0.3) is 10.9 Å². The monoisotopic (exact) mass is 347 g/mol. The summed E-state index contributed by atoms with van der Waals surface area (Å²) >= 11 is 0. The molecule has 0 spiro atoms. The molecule has 0 fully saturated rings. The fourth-order valence-electron chi connectivity index (χ4n) is 2.49. The number of fused-ring (bicyclic) bond motifs is 1. The van der Waals surface area contributed by atoms with Gasteiger partial charge in [0.05, 0.1) is 57.5 Å². The summed E-state index contributed by atoms with van der Waals surface area (Å²) in [4.78, 5) is 28.5. The number of benzene rings is 1. The zero-order valence-electron chi connectivity index (χ0n) is 15.1. The number of methoxy groups -OCH3 is 1. The third-order valence-electron chi connectivity index (χ3n) is 3.77. The minimum Gasteiger partial charge on any atom is -0.465 e. The molecule has 0 aliphatic carbocycles. The second kappa shape index (κ2) is 8.43. The first kappa shape index (κ1) is 18.7. The third-order valence-corrected chi connectivity index (χ3v) is 3.77. The number of pyridine rings is 1. The molecule has 1 aromatic carbocycles. The van der Waals surface area contributed by atoms with Gasteiger partial charge in [-0.25, -0.2) is 14.6 Å². The van der Waals surface area contributed by atoms with E-state index in [0.717, 1.165) is 17.4 Å². The number of aromatic amines is 1. The lowest BCUT2D eigenvalue weighted by atomic mass is 10.1. The van der Waals surface area contributed by atoms with Crippen molar-refractivity contribution in [2.24, 2.45) is 0 Å². The van der Waals surface area contributed by atoms with Gasteiger partial charge in [-0.1, -0.05) is 0 Å². The third kappa shape index (κ3) is 4.45. The first-order chi connectivity index (χ1) is 12.0. The number of likely N-dealkylation sites (N-methyl/N-ethyl adjacent to an activating group) is 1. The van der Waals surface area contributed by atoms with Crippen molar-refractivity contribution in [1.82, 2.24) is 0 Å². The van der Waals surface area contributed by atoms with Gasteiger partial charge in [-0.3, -0.25) is 0 Å². The average Bonchev–Trinajstić information content (AvgIpc) is 2.60. The van der Waals surface area contributed by atoms with Gasteiger partial charge in [0, 0.05) is 6.07 Å². The van der Waals surface area contributed by atoms with E-state index in [1.54, 1.807) is 31.3 Å². The zero-order valence-corrected chi connectivity index (χ0v) is 15.1. The molecule has 7 nitrogen and oxygen atoms in total. The second-order valence-corrected chi connectivity index (χ2v) is 5.93. The van der Waals surface area contributed by atoms with E-state index in [0.29, 0.717) is 30.0 Å². The van der Waals surface area contributed by atoms with Gasteiger partial charge in [0.2, 0.25) is 5.52 Å². The standard InChI is InChI=1S/C18H23N3O4/c1-5-25-18(23)14-11-20-15-7-6-12(17(22)24-4)10-13(15)16(14)19-8-9-21(2)3/h6-7,10-11H,5,8-9H2,1-4H3,(H,19,20)/p+2. The van der Waals surface area contributed by atoms with Crippen molar-refractivity contribution in [3.63, 3.8) is 0 Å². The Morgan fingerprint density at radius 3 is 2.64 bits per heavy atom. The van der Waals surface area contributed by atoms with Crippen LogP contribution in [-0.2, 0) is 9.47 Å². The Morgan fingerprint density at radius 2 is 2.00 bits per heavy atom. The summed E-state index contributed by atoms with van der Waals surface area (Å²) in [5, 5.41) is 4.06. The number of anilines is 1. The number of hydrogen-bond donors (Lipinski definition) is 2. The molecule has 0 aliphatic rings. The molecule has 25 heavy (non-hydrogen) atoms. The second-order valence-electron chi connectivity index (χ2n) is 5.93. The summed E-state index contributed by atoms with van der Waals surface area (Å²) in [6.07, 6.45) is 1.63. The van der Waals surface area contributed by atoms with E-state index < -0.39 is 11.9 Å². The molecular formula is C18H25N3O4+2. The molecule has 0 saturated heterocycles. The Kier molecular flexibility index (Phi) is 6.30. The van der Waals surface area contributed by atoms with Crippen molar-refractivity contribution in [3.8, 4) is 0 Å². The lowest BCUT2D eigenvalue weighted by Gasteiger charge is -2.13. The minimum absolute atomic E-state index is 0.292. The average molecular weight is 347 g/mol. The summed E-state index contributed by atoms with van der Waals surface area (Å²) in [6, 6.07) is 5.19. The highest BCUT2D eigenvalue weighted by atomic mass is 16.5. The molecule has 0 atom stereocenters. The van der Waals surface area contributed by atoms with E-state index in [9.17, 15) is 9.59 Å². The normalized spacial score (nSPS) is 10.8. The molecule has 134 valence electrons. The fraction of sp³-hybridized carbons (Fsp3) is 0.389. The molecule has 1 heterocycles. The summed E-state index contributed by atoms with van der Waals surface area (Å²) in [5.74, 6) is -0.837. The highest BCUT2D eigenvalue weighted by Gasteiger charge is 2.21. The van der Waals surface area contributed by atoms with Gasteiger partial charge in [0.15, 0.2) is 6.20 Å². The number of carbonyl (C=O) groups excluding carboxylic acids is 2. The van der Waals surface area contributed by atoms with Crippen LogP contribution in [0.4, 0.5) is 5.69 Å². The minimum atomic E-state index is -0.424. The van der Waals surface area contributed by atoms with Crippen molar-refractivity contribution in [2.45, 2.75) is 6.92 Å². The summed E-state index contributed by atoms with van der Waals surface area (Å²) in [5.41, 5.74) is 2.29. The molecule has 7 heteroatoms. The number of hydrogen-bond acceptors (Lipinski definition) is 5. The van der Waals surface area contributed by atoms with Crippen LogP contribution in [0.2, 0.25) is 0 Å². The molecule has 3 N–H and O–H groups in total. The maximum Gasteiger partial charge on any atom is 0.346 e. The highest BCUT2D eigenvalue weighted by Crippen LogP contribution is 2.26. The highest BCUT2D eigenvalue weighted by molar-refractivity contribution is 6.05. The quantitative estimate of drug-likeness (QED) is 0.698. The number of H-pyrrole nitrogens is 1. The van der Waals surface area contributed by atoms with E-state index in [1.807, 2.05) is 0 Å². The van der Waals surface area contributed by atoms with E-state index >= 15 is 0 Å². The van der Waals surface area contributed by atoms with Gasteiger partial charge >= 0.3 is 11.9 Å². The zero-order chi connectivity index (χ0) is 18.4. The van der Waals surface area contributed by atoms with Crippen molar-refractivity contribution in [3.05, 3.63) is 35.5 Å². The Morgan fingerprint density at radius 1 is 1.24 bits per heavy atom. The Labute approximate surface area is 146 Å². The molecule has 0 aliphatic heterocycles. The predicted octanol–water partition coefficient (Wildman–Crippen LogP) is 0.174. The van der Waals surface area contributed by atoms with Crippen LogP contribution < -0.4 is 15.2 Å². The van der Waals surface area contributed by atoms with E-state index in [4.69, 9.17) is 9.47 Å². The largest absolute Gasteiger partial charge is 0.465 e. The topological polar surface area (TPSA) is 83.2 Å². The number of esters is 2. The molecule has 1 aromatic heterocycles. The predicted molar refractivity (Wildman–Crippen MR) is 94.0 cm³/mol. The molecule has 2 aromatic rings. The number of aromatic nitrogens is 1. The van der Waals surface area contributed by atoms with Gasteiger partial charge in [-0.15, -0.1) is 0 Å². The van der Waals surface area contributed by atoms with Gasteiger partial charge in [-0.2, -0.15) is 0 Å². The fourth-order valence-corrected chi connectivity index (χ4v) is 2.49. The van der Waals surface area contributed by atoms with Crippen molar-refractivity contribution >= 4 is 28.5 Å². The molecule has 0 unspecified atom stereocenters. The van der Waals surface area contributed by atoms with Gasteiger partial charge in [0.25, 0.3) is 0 Å². The number of rotatable bonds is 7. The summed E-state index contributed by atoms with van der Waals surface area (Å²) in [6.45, 7) is 3.61. The number of quaternary nitrogens is 1. The van der Waals surface area contributed by atoms with Crippen LogP contribution in [0.5, 0.6) is 0 Å². The first-order valence-electron chi connectivity index (χ1n) is 8.24. The molecule has 0 saturated carbocycles. The number of nitrogens with one attached hydrogen (secondary N) is 3. The number of carbonyl (C=O) groups is 2. The van der Waals surface area contributed by atoms with Crippen LogP contribution in [0.1, 0.15) is 27.6 Å².